The topological polar surface area (TPSA) is 39.1 Å². The van der Waals surface area contributed by atoms with Crippen molar-refractivity contribution in [2.45, 2.75) is 61.1 Å². The van der Waals surface area contributed by atoms with Crippen LogP contribution in [0.4, 0.5) is 0 Å². The summed E-state index contributed by atoms with van der Waals surface area (Å²) in [5.41, 5.74) is 1.03. The molecular weight excluding hydrogens is 715 g/mol. The molecule has 242 valence electrons. The van der Waals surface area contributed by atoms with Crippen molar-refractivity contribution >= 4 is 111 Å². The number of aromatic nitrogens is 1. The highest BCUT2D eigenvalue weighted by Crippen LogP contribution is 2.58. The maximum Gasteiger partial charge on any atom is 0.267 e. The number of benzene rings is 4. The smallest absolute Gasteiger partial charge is 0.247 e. The Balaban J connectivity index is 1.34. The first-order valence-corrected chi connectivity index (χ1v) is 22.5. The van der Waals surface area contributed by atoms with Crippen molar-refractivity contribution in [2.75, 3.05) is 11.5 Å². The zero-order valence-corrected chi connectivity index (χ0v) is 32.2. The van der Waals surface area contributed by atoms with E-state index in [0.717, 1.165) is 26.9 Å². The molecule has 3 nitrogen and oxygen atoms in total. The normalized spacial score (nSPS) is 15.0. The van der Waals surface area contributed by atoms with Crippen LogP contribution in [-0.2, 0) is 10.0 Å². The Labute approximate surface area is 302 Å². The van der Waals surface area contributed by atoms with Crippen molar-refractivity contribution in [3.8, 4) is 0 Å². The van der Waals surface area contributed by atoms with Gasteiger partial charge in [-0.25, -0.2) is 12.4 Å². The Morgan fingerprint density at radius 1 is 0.617 bits per heavy atom. The summed E-state index contributed by atoms with van der Waals surface area (Å²) in [4.78, 5) is 2.25. The van der Waals surface area contributed by atoms with E-state index in [9.17, 15) is 8.42 Å². The van der Waals surface area contributed by atoms with Crippen molar-refractivity contribution in [1.82, 2.24) is 3.97 Å². The van der Waals surface area contributed by atoms with Gasteiger partial charge in [0.05, 0.1) is 21.8 Å². The van der Waals surface area contributed by atoms with Crippen LogP contribution in [0, 0.1) is 6.92 Å². The summed E-state index contributed by atoms with van der Waals surface area (Å²) in [6, 6.07) is 24.7. The SMILES string of the molecule is CCCCSC1=C(SCCCC)SC(=c2c3ccccc3c(=C3Sc4cn(S(=O)(=O)c5ccc(C)cc5)cc4S3)c3ccccc23)S1. The standard InChI is InChI=1S/C37H35NO2S7/c1-4-6-20-41-36-37(42-21-7-5-2)46-35(45-36)33-28-14-10-8-12-26(28)32(27-13-9-11-15-29(27)33)34-43-30-22-38(23-31(30)44-34)47(39,40)25-18-16-24(3)17-19-25/h8-19,22-23H,4-7,20-21H2,1-3H3. The second-order valence-corrected chi connectivity index (χ2v) is 20.7. The molecule has 4 aromatic carbocycles. The van der Waals surface area contributed by atoms with Crippen molar-refractivity contribution in [1.29, 1.82) is 0 Å². The lowest BCUT2D eigenvalue weighted by Gasteiger charge is -2.11. The zero-order valence-electron chi connectivity index (χ0n) is 26.4. The van der Waals surface area contributed by atoms with Gasteiger partial charge in [-0.15, -0.1) is 23.5 Å². The van der Waals surface area contributed by atoms with Gasteiger partial charge in [0.2, 0.25) is 0 Å². The fourth-order valence-electron chi connectivity index (χ4n) is 5.58. The molecule has 0 amide bonds. The van der Waals surface area contributed by atoms with Crippen molar-refractivity contribution < 1.29 is 8.42 Å². The van der Waals surface area contributed by atoms with Crippen molar-refractivity contribution in [3.05, 3.63) is 110 Å². The summed E-state index contributed by atoms with van der Waals surface area (Å²) in [7, 11) is -3.66. The lowest BCUT2D eigenvalue weighted by molar-refractivity contribution is 0.587. The highest BCUT2D eigenvalue weighted by molar-refractivity contribution is 8.45. The molecule has 3 heterocycles. The largest absolute Gasteiger partial charge is 0.267 e. The Hall–Kier alpha value is -1.79. The van der Waals surface area contributed by atoms with Crippen molar-refractivity contribution in [3.63, 3.8) is 0 Å². The quantitative estimate of drug-likeness (QED) is 0.103. The molecule has 2 aliphatic rings. The van der Waals surface area contributed by atoms with Gasteiger partial charge in [0.25, 0.3) is 10.0 Å². The van der Waals surface area contributed by atoms with Crippen LogP contribution in [0.2, 0.25) is 0 Å². The van der Waals surface area contributed by atoms with E-state index in [1.807, 2.05) is 66.1 Å². The molecule has 0 fully saturated rings. The van der Waals surface area contributed by atoms with Gasteiger partial charge in [0.15, 0.2) is 0 Å². The molecule has 0 saturated heterocycles. The molecule has 0 bridgehead atoms. The Kier molecular flexibility index (Phi) is 10.5. The Morgan fingerprint density at radius 2 is 1.04 bits per heavy atom. The molecule has 7 rings (SSSR count). The predicted octanol–water partition coefficient (Wildman–Crippen LogP) is 11.0. The second-order valence-electron chi connectivity index (χ2n) is 11.4. The highest BCUT2D eigenvalue weighted by Gasteiger charge is 2.28. The maximum absolute atomic E-state index is 13.4. The van der Waals surface area contributed by atoms with E-state index in [4.69, 9.17) is 0 Å². The lowest BCUT2D eigenvalue weighted by Crippen LogP contribution is -2.16. The van der Waals surface area contributed by atoms with Gasteiger partial charge in [0, 0.05) is 32.6 Å². The number of hydrogen-bond donors (Lipinski definition) is 0. The van der Waals surface area contributed by atoms with Crippen LogP contribution in [0.1, 0.15) is 45.1 Å². The lowest BCUT2D eigenvalue weighted by atomic mass is 9.99. The van der Waals surface area contributed by atoms with Gasteiger partial charge in [-0.1, -0.05) is 140 Å². The summed E-state index contributed by atoms with van der Waals surface area (Å²) in [6.07, 6.45) is 8.45. The van der Waals surface area contributed by atoms with Gasteiger partial charge in [-0.05, 0) is 64.9 Å². The fraction of sp³-hybridized carbons (Fsp3) is 0.243. The monoisotopic (exact) mass is 749 g/mol. The number of fused-ring (bicyclic) bond motifs is 3. The summed E-state index contributed by atoms with van der Waals surface area (Å²) >= 11 is 11.3. The van der Waals surface area contributed by atoms with Crippen LogP contribution in [0.15, 0.2) is 108 Å². The second kappa shape index (κ2) is 14.6. The molecule has 10 heteroatoms. The van der Waals surface area contributed by atoms with E-state index in [1.54, 1.807) is 48.1 Å². The Bertz CT molecular complexity index is 2140. The summed E-state index contributed by atoms with van der Waals surface area (Å²) < 4.78 is 33.7. The van der Waals surface area contributed by atoms with E-state index >= 15 is 0 Å². The fourth-order valence-corrected chi connectivity index (χ4v) is 15.8. The van der Waals surface area contributed by atoms with Gasteiger partial charge < -0.3 is 0 Å². The van der Waals surface area contributed by atoms with Crippen LogP contribution in [0.5, 0.6) is 0 Å². The third kappa shape index (κ3) is 6.73. The summed E-state index contributed by atoms with van der Waals surface area (Å²) in [6.45, 7) is 6.49. The summed E-state index contributed by atoms with van der Waals surface area (Å²) in [5, 5.41) is 7.58. The molecule has 0 spiro atoms. The minimum absolute atomic E-state index is 0.303. The van der Waals surface area contributed by atoms with E-state index < -0.39 is 10.0 Å². The van der Waals surface area contributed by atoms with Crippen LogP contribution in [-0.4, -0.2) is 23.9 Å². The number of thioether (sulfide) groups is 6. The molecule has 5 aromatic rings. The summed E-state index contributed by atoms with van der Waals surface area (Å²) in [5.74, 6) is 2.32. The van der Waals surface area contributed by atoms with Gasteiger partial charge in [-0.2, -0.15) is 0 Å². The van der Waals surface area contributed by atoms with E-state index in [0.29, 0.717) is 4.90 Å². The number of unbranched alkanes of at least 4 members (excludes halogenated alkanes) is 2. The van der Waals surface area contributed by atoms with Crippen LogP contribution in [0.25, 0.3) is 30.0 Å². The molecule has 1 aromatic heterocycles. The number of rotatable bonds is 10. The Morgan fingerprint density at radius 3 is 1.47 bits per heavy atom. The number of hydrogen-bond acceptors (Lipinski definition) is 8. The third-order valence-electron chi connectivity index (χ3n) is 8.07. The first kappa shape index (κ1) is 33.7. The van der Waals surface area contributed by atoms with Crippen LogP contribution in [0.3, 0.4) is 0 Å². The average molecular weight is 750 g/mol. The molecule has 0 radical (unpaired) electrons. The maximum atomic E-state index is 13.4. The molecular formula is C37H35NO2S7. The number of aryl methyl sites for hydroxylation is 1. The van der Waals surface area contributed by atoms with Gasteiger partial charge >= 0.3 is 0 Å². The van der Waals surface area contributed by atoms with Crippen LogP contribution < -0.4 is 10.4 Å². The minimum Gasteiger partial charge on any atom is -0.247 e. The average Bonchev–Trinajstić information content (AvgIpc) is 3.78. The minimum atomic E-state index is -3.66. The molecule has 0 N–H and O–H groups in total. The molecule has 0 saturated carbocycles. The number of nitrogens with zero attached hydrogens (tertiary/aromatic N) is 1. The first-order chi connectivity index (χ1) is 22.9. The third-order valence-corrected chi connectivity index (χ3v) is 17.9. The first-order valence-electron chi connectivity index (χ1n) is 15.8. The molecule has 47 heavy (non-hydrogen) atoms. The van der Waals surface area contributed by atoms with E-state index in [-0.39, 0.29) is 0 Å². The van der Waals surface area contributed by atoms with Crippen molar-refractivity contribution in [2.24, 2.45) is 0 Å². The zero-order chi connectivity index (χ0) is 32.5. The molecule has 0 unspecified atom stereocenters. The van der Waals surface area contributed by atoms with Gasteiger partial charge in [0.1, 0.15) is 0 Å². The molecule has 0 atom stereocenters. The van der Waals surface area contributed by atoms with E-state index in [2.05, 4.69) is 62.4 Å². The highest BCUT2D eigenvalue weighted by atomic mass is 32.3. The molecule has 0 aliphatic carbocycles. The van der Waals surface area contributed by atoms with Gasteiger partial charge in [-0.3, -0.25) is 0 Å². The van der Waals surface area contributed by atoms with Crippen LogP contribution >= 0.6 is 70.6 Å². The van der Waals surface area contributed by atoms with E-state index in [1.165, 1.54) is 78.6 Å². The molecule has 2 aliphatic heterocycles. The predicted molar refractivity (Wildman–Crippen MR) is 214 cm³/mol.